The Labute approximate surface area is 173 Å². The van der Waals surface area contributed by atoms with E-state index in [1.54, 1.807) is 13.3 Å². The van der Waals surface area contributed by atoms with Crippen LogP contribution < -0.4 is 4.74 Å². The Morgan fingerprint density at radius 3 is 2.57 bits per heavy atom. The predicted octanol–water partition coefficient (Wildman–Crippen LogP) is 5.09. The topological polar surface area (TPSA) is 45.6 Å². The Balaban J connectivity index is 1.70. The van der Waals surface area contributed by atoms with Gasteiger partial charge in [-0.3, -0.25) is 9.88 Å². The van der Waals surface area contributed by atoms with Gasteiger partial charge in [0.15, 0.2) is 0 Å². The lowest BCUT2D eigenvalue weighted by molar-refractivity contribution is 0.00297. The molecule has 0 unspecified atom stereocenters. The molecule has 1 aliphatic rings. The van der Waals surface area contributed by atoms with Crippen molar-refractivity contribution in [2.24, 2.45) is 5.41 Å². The maximum absolute atomic E-state index is 10.2. The Bertz CT molecular complexity index is 808. The number of aryl methyl sites for hydroxylation is 1. The molecule has 0 saturated carbocycles. The molecule has 0 aliphatic carbocycles. The number of aliphatic hydroxyl groups is 1. The zero-order valence-corrected chi connectivity index (χ0v) is 18.4. The molecule has 1 aromatic carbocycles. The lowest BCUT2D eigenvalue weighted by Crippen LogP contribution is -2.50. The van der Waals surface area contributed by atoms with Gasteiger partial charge < -0.3 is 9.84 Å². The molecule has 1 aliphatic heterocycles. The number of pyridine rings is 1. The van der Waals surface area contributed by atoms with Crippen LogP contribution in [0.3, 0.4) is 0 Å². The molecule has 1 N–H and O–H groups in total. The molecule has 0 spiro atoms. The number of aromatic nitrogens is 1. The second kappa shape index (κ2) is 8.56. The summed E-state index contributed by atoms with van der Waals surface area (Å²) in [6, 6.07) is 5.93. The van der Waals surface area contributed by atoms with E-state index in [4.69, 9.17) is 16.3 Å². The molecular formula is C23H33ClN2O2. The van der Waals surface area contributed by atoms with E-state index in [1.165, 1.54) is 0 Å². The van der Waals surface area contributed by atoms with Crippen LogP contribution >= 0.6 is 11.6 Å². The number of fused-ring (bicyclic) bond motifs is 1. The van der Waals surface area contributed by atoms with E-state index in [1.807, 2.05) is 18.2 Å². The fourth-order valence-corrected chi connectivity index (χ4v) is 4.61. The summed E-state index contributed by atoms with van der Waals surface area (Å²) in [4.78, 5) is 6.97. The van der Waals surface area contributed by atoms with Crippen LogP contribution in [0.1, 0.15) is 52.0 Å². The summed E-state index contributed by atoms with van der Waals surface area (Å²) in [7, 11) is 1.67. The van der Waals surface area contributed by atoms with E-state index in [0.717, 1.165) is 67.4 Å². The lowest BCUT2D eigenvalue weighted by Gasteiger charge is -2.46. The van der Waals surface area contributed by atoms with E-state index in [-0.39, 0.29) is 17.6 Å². The van der Waals surface area contributed by atoms with Crippen molar-refractivity contribution in [2.45, 2.75) is 58.4 Å². The highest BCUT2D eigenvalue weighted by molar-refractivity contribution is 6.32. The first kappa shape index (κ1) is 21.4. The number of benzene rings is 1. The highest BCUT2D eigenvalue weighted by Crippen LogP contribution is 2.39. The van der Waals surface area contributed by atoms with Gasteiger partial charge >= 0.3 is 0 Å². The molecule has 0 radical (unpaired) electrons. The third-order valence-electron chi connectivity index (χ3n) is 6.38. The molecule has 3 rings (SSSR count). The molecule has 0 atom stereocenters. The fraction of sp³-hybridized carbons (Fsp3) is 0.609. The van der Waals surface area contributed by atoms with E-state index in [0.29, 0.717) is 5.02 Å². The van der Waals surface area contributed by atoms with Crippen molar-refractivity contribution in [3.05, 3.63) is 35.0 Å². The third-order valence-corrected chi connectivity index (χ3v) is 6.70. The van der Waals surface area contributed by atoms with Gasteiger partial charge in [-0.1, -0.05) is 11.6 Å². The van der Waals surface area contributed by atoms with Crippen LogP contribution in [0, 0.1) is 5.41 Å². The van der Waals surface area contributed by atoms with Gasteiger partial charge in [-0.2, -0.15) is 0 Å². The smallest absolute Gasteiger partial charge is 0.119 e. The summed E-state index contributed by atoms with van der Waals surface area (Å²) in [6.07, 6.45) is 6.77. The molecule has 28 heavy (non-hydrogen) atoms. The van der Waals surface area contributed by atoms with Crippen LogP contribution in [0.4, 0.5) is 0 Å². The Morgan fingerprint density at radius 1 is 1.25 bits per heavy atom. The monoisotopic (exact) mass is 404 g/mol. The minimum atomic E-state index is 0.0365. The largest absolute Gasteiger partial charge is 0.497 e. The number of ether oxygens (including phenoxy) is 1. The molecule has 4 nitrogen and oxygen atoms in total. The summed E-state index contributed by atoms with van der Waals surface area (Å²) in [6.45, 7) is 9.18. The standard InChI is InChI=1S/C23H33ClN2O2/c1-22(2,3)26-12-10-23(16-27,11-13-26)9-5-6-18-19-14-17(28-4)7-8-21(19)25-15-20(18)24/h7-8,14-15,27H,5-6,9-13,16H2,1-4H3. The number of likely N-dealkylation sites (tertiary alicyclic amines) is 1. The molecule has 2 aromatic rings. The van der Waals surface area contributed by atoms with Crippen molar-refractivity contribution in [1.29, 1.82) is 0 Å². The average molecular weight is 405 g/mol. The van der Waals surface area contributed by atoms with Crippen LogP contribution in [0.15, 0.2) is 24.4 Å². The summed E-state index contributed by atoms with van der Waals surface area (Å²) in [5.74, 6) is 0.819. The van der Waals surface area contributed by atoms with Gasteiger partial charge in [-0.25, -0.2) is 0 Å². The van der Waals surface area contributed by atoms with Crippen LogP contribution in [0.2, 0.25) is 5.02 Å². The third kappa shape index (κ3) is 4.61. The van der Waals surface area contributed by atoms with Crippen molar-refractivity contribution in [3.63, 3.8) is 0 Å². The van der Waals surface area contributed by atoms with Crippen LogP contribution in [0.5, 0.6) is 5.75 Å². The first-order valence-corrected chi connectivity index (χ1v) is 10.6. The summed E-state index contributed by atoms with van der Waals surface area (Å²) >= 11 is 6.50. The maximum Gasteiger partial charge on any atom is 0.119 e. The minimum absolute atomic E-state index is 0.0365. The molecule has 0 amide bonds. The van der Waals surface area contributed by atoms with Crippen molar-refractivity contribution in [2.75, 3.05) is 26.8 Å². The summed E-state index contributed by atoms with van der Waals surface area (Å²) in [5, 5.41) is 11.9. The minimum Gasteiger partial charge on any atom is -0.497 e. The molecule has 0 bridgehead atoms. The van der Waals surface area contributed by atoms with Gasteiger partial charge in [0.05, 0.1) is 17.6 Å². The molecule has 1 aromatic heterocycles. The maximum atomic E-state index is 10.2. The molecule has 2 heterocycles. The average Bonchev–Trinajstić information content (AvgIpc) is 2.69. The number of nitrogens with zero attached hydrogens (tertiary/aromatic N) is 2. The Morgan fingerprint density at radius 2 is 1.96 bits per heavy atom. The Hall–Kier alpha value is -1.36. The molecule has 1 saturated heterocycles. The van der Waals surface area contributed by atoms with Gasteiger partial charge in [-0.15, -0.1) is 0 Å². The van der Waals surface area contributed by atoms with Gasteiger partial charge in [0.25, 0.3) is 0 Å². The number of hydrogen-bond donors (Lipinski definition) is 1. The molecule has 5 heteroatoms. The normalized spacial score (nSPS) is 17.8. The molecule has 154 valence electrons. The lowest BCUT2D eigenvalue weighted by atomic mass is 9.74. The van der Waals surface area contributed by atoms with E-state index >= 15 is 0 Å². The van der Waals surface area contributed by atoms with Crippen molar-refractivity contribution in [1.82, 2.24) is 9.88 Å². The molecule has 1 fully saturated rings. The second-order valence-corrected chi connectivity index (χ2v) is 9.54. The highest BCUT2D eigenvalue weighted by Gasteiger charge is 2.36. The fourth-order valence-electron chi connectivity index (χ4n) is 4.36. The molecular weight excluding hydrogens is 372 g/mol. The van der Waals surface area contributed by atoms with E-state index in [2.05, 4.69) is 30.7 Å². The zero-order chi connectivity index (χ0) is 20.4. The van der Waals surface area contributed by atoms with E-state index in [9.17, 15) is 5.11 Å². The highest BCUT2D eigenvalue weighted by atomic mass is 35.5. The summed E-state index contributed by atoms with van der Waals surface area (Å²) < 4.78 is 5.38. The number of rotatable bonds is 6. The van der Waals surface area contributed by atoms with Crippen LogP contribution in [-0.2, 0) is 6.42 Å². The SMILES string of the molecule is COc1ccc2ncc(Cl)c(CCCC3(CO)CCN(C(C)(C)C)CC3)c2c1. The van der Waals surface area contributed by atoms with Gasteiger partial charge in [-0.05, 0) is 95.1 Å². The summed E-state index contributed by atoms with van der Waals surface area (Å²) in [5.41, 5.74) is 2.31. The first-order valence-electron chi connectivity index (χ1n) is 10.2. The van der Waals surface area contributed by atoms with Gasteiger partial charge in [0.1, 0.15) is 5.75 Å². The first-order chi connectivity index (χ1) is 13.3. The second-order valence-electron chi connectivity index (χ2n) is 9.14. The number of methoxy groups -OCH3 is 1. The van der Waals surface area contributed by atoms with Gasteiger partial charge in [0, 0.05) is 23.7 Å². The van der Waals surface area contributed by atoms with Crippen LogP contribution in [0.25, 0.3) is 10.9 Å². The van der Waals surface area contributed by atoms with Crippen LogP contribution in [-0.4, -0.2) is 47.3 Å². The van der Waals surface area contributed by atoms with Crippen molar-refractivity contribution in [3.8, 4) is 5.75 Å². The zero-order valence-electron chi connectivity index (χ0n) is 17.6. The van der Waals surface area contributed by atoms with Crippen molar-refractivity contribution < 1.29 is 9.84 Å². The Kier molecular flexibility index (Phi) is 6.53. The van der Waals surface area contributed by atoms with Crippen molar-refractivity contribution >= 4 is 22.5 Å². The predicted molar refractivity (Wildman–Crippen MR) is 116 cm³/mol. The van der Waals surface area contributed by atoms with E-state index < -0.39 is 0 Å². The van der Waals surface area contributed by atoms with Gasteiger partial charge in [0.2, 0.25) is 0 Å². The number of piperidine rings is 1. The number of aliphatic hydroxyl groups excluding tert-OH is 1. The number of hydrogen-bond acceptors (Lipinski definition) is 4. The number of halogens is 1. The quantitative estimate of drug-likeness (QED) is 0.728.